The molecule has 2 aromatic carbocycles. The second kappa shape index (κ2) is 8.35. The summed E-state index contributed by atoms with van der Waals surface area (Å²) in [7, 11) is 0. The van der Waals surface area contributed by atoms with Crippen LogP contribution in [0.1, 0.15) is 12.5 Å². The molecule has 0 unspecified atom stereocenters. The first-order valence-corrected chi connectivity index (χ1v) is 8.70. The van der Waals surface area contributed by atoms with Gasteiger partial charge in [-0.05, 0) is 43.3 Å². The molecular weight excluding hydrogens is 393 g/mol. The van der Waals surface area contributed by atoms with Gasteiger partial charge in [-0.15, -0.1) is 0 Å². The van der Waals surface area contributed by atoms with Crippen molar-refractivity contribution in [2.75, 3.05) is 17.2 Å². The van der Waals surface area contributed by atoms with Crippen LogP contribution in [0.15, 0.2) is 54.7 Å². The zero-order valence-corrected chi connectivity index (χ0v) is 15.5. The number of hydrogen-bond acceptors (Lipinski definition) is 5. The molecule has 0 aliphatic heterocycles. The van der Waals surface area contributed by atoms with Gasteiger partial charge in [0.1, 0.15) is 17.1 Å². The van der Waals surface area contributed by atoms with Crippen LogP contribution < -0.4 is 15.4 Å². The maximum Gasteiger partial charge on any atom is 0.421 e. The summed E-state index contributed by atoms with van der Waals surface area (Å²) in [6, 6.07) is 13.3. The SMILES string of the molecule is CCOc1ccccc1Nc1nc(Nc2ccc(Cl)cc2)ncc1C(F)(F)F. The lowest BCUT2D eigenvalue weighted by Crippen LogP contribution is -2.13. The quantitative estimate of drug-likeness (QED) is 0.521. The number of para-hydroxylation sites is 2. The van der Waals surface area contributed by atoms with E-state index in [0.29, 0.717) is 28.8 Å². The van der Waals surface area contributed by atoms with Gasteiger partial charge in [0.25, 0.3) is 0 Å². The van der Waals surface area contributed by atoms with E-state index in [1.807, 2.05) is 0 Å². The van der Waals surface area contributed by atoms with Crippen LogP contribution in [0.5, 0.6) is 5.75 Å². The fourth-order valence-corrected chi connectivity index (χ4v) is 2.51. The largest absolute Gasteiger partial charge is 0.492 e. The van der Waals surface area contributed by atoms with Gasteiger partial charge < -0.3 is 15.4 Å². The van der Waals surface area contributed by atoms with Gasteiger partial charge in [0.05, 0.1) is 12.3 Å². The molecule has 0 saturated heterocycles. The summed E-state index contributed by atoms with van der Waals surface area (Å²) >= 11 is 5.84. The van der Waals surface area contributed by atoms with Crippen LogP contribution in [-0.4, -0.2) is 16.6 Å². The first-order chi connectivity index (χ1) is 13.4. The molecule has 0 spiro atoms. The predicted molar refractivity (Wildman–Crippen MR) is 103 cm³/mol. The van der Waals surface area contributed by atoms with Crippen LogP contribution in [0, 0.1) is 0 Å². The minimum Gasteiger partial charge on any atom is -0.492 e. The number of nitrogens with zero attached hydrogens (tertiary/aromatic N) is 2. The number of ether oxygens (including phenoxy) is 1. The van der Waals surface area contributed by atoms with E-state index < -0.39 is 11.7 Å². The second-order valence-electron chi connectivity index (χ2n) is 5.64. The molecule has 28 heavy (non-hydrogen) atoms. The van der Waals surface area contributed by atoms with Crippen LogP contribution in [0.25, 0.3) is 0 Å². The average molecular weight is 409 g/mol. The second-order valence-corrected chi connectivity index (χ2v) is 6.08. The highest BCUT2D eigenvalue weighted by Gasteiger charge is 2.35. The number of halogens is 4. The molecule has 5 nitrogen and oxygen atoms in total. The molecule has 0 aliphatic rings. The van der Waals surface area contributed by atoms with Gasteiger partial charge in [0.2, 0.25) is 5.95 Å². The molecular formula is C19H16ClF3N4O. The Labute approximate surface area is 164 Å². The van der Waals surface area contributed by atoms with E-state index in [1.54, 1.807) is 55.5 Å². The summed E-state index contributed by atoms with van der Waals surface area (Å²) < 4.78 is 45.7. The Hall–Kier alpha value is -3.00. The van der Waals surface area contributed by atoms with Crippen LogP contribution >= 0.6 is 11.6 Å². The lowest BCUT2D eigenvalue weighted by Gasteiger charge is -2.16. The predicted octanol–water partition coefficient (Wildman–Crippen LogP) is 6.03. The van der Waals surface area contributed by atoms with Gasteiger partial charge in [-0.3, -0.25) is 0 Å². The summed E-state index contributed by atoms with van der Waals surface area (Å²) in [4.78, 5) is 7.79. The smallest absolute Gasteiger partial charge is 0.421 e. The summed E-state index contributed by atoms with van der Waals surface area (Å²) in [6.07, 6.45) is -3.89. The van der Waals surface area contributed by atoms with Gasteiger partial charge in [-0.1, -0.05) is 23.7 Å². The summed E-state index contributed by atoms with van der Waals surface area (Å²) in [6.45, 7) is 2.16. The van der Waals surface area contributed by atoms with Crippen LogP contribution in [0.2, 0.25) is 5.02 Å². The van der Waals surface area contributed by atoms with Crippen LogP contribution in [0.3, 0.4) is 0 Å². The van der Waals surface area contributed by atoms with Gasteiger partial charge >= 0.3 is 6.18 Å². The molecule has 1 heterocycles. The van der Waals surface area contributed by atoms with E-state index in [0.717, 1.165) is 6.20 Å². The molecule has 0 atom stereocenters. The van der Waals surface area contributed by atoms with Crippen molar-refractivity contribution in [3.05, 3.63) is 65.3 Å². The van der Waals surface area contributed by atoms with E-state index in [9.17, 15) is 13.2 Å². The van der Waals surface area contributed by atoms with Crippen molar-refractivity contribution in [1.29, 1.82) is 0 Å². The molecule has 0 amide bonds. The number of hydrogen-bond donors (Lipinski definition) is 2. The molecule has 3 rings (SSSR count). The lowest BCUT2D eigenvalue weighted by molar-refractivity contribution is -0.137. The van der Waals surface area contributed by atoms with Gasteiger partial charge in [0.15, 0.2) is 0 Å². The van der Waals surface area contributed by atoms with Crippen molar-refractivity contribution < 1.29 is 17.9 Å². The highest BCUT2D eigenvalue weighted by molar-refractivity contribution is 6.30. The molecule has 0 radical (unpaired) electrons. The normalized spacial score (nSPS) is 11.2. The Bertz CT molecular complexity index is 949. The number of alkyl halides is 3. The third-order valence-corrected chi connectivity index (χ3v) is 3.89. The van der Waals surface area contributed by atoms with Crippen molar-refractivity contribution in [3.8, 4) is 5.75 Å². The Morgan fingerprint density at radius 1 is 1.04 bits per heavy atom. The fraction of sp³-hybridized carbons (Fsp3) is 0.158. The topological polar surface area (TPSA) is 59.1 Å². The highest BCUT2D eigenvalue weighted by Crippen LogP contribution is 2.37. The maximum absolute atomic E-state index is 13.4. The lowest BCUT2D eigenvalue weighted by atomic mass is 10.2. The van der Waals surface area contributed by atoms with Crippen LogP contribution in [-0.2, 0) is 6.18 Å². The number of benzene rings is 2. The third kappa shape index (κ3) is 4.83. The van der Waals surface area contributed by atoms with Crippen molar-refractivity contribution in [2.45, 2.75) is 13.1 Å². The molecule has 3 aromatic rings. The third-order valence-electron chi connectivity index (χ3n) is 3.63. The molecule has 146 valence electrons. The molecule has 0 saturated carbocycles. The van der Waals surface area contributed by atoms with Gasteiger partial charge in [-0.2, -0.15) is 18.2 Å². The Balaban J connectivity index is 1.96. The van der Waals surface area contributed by atoms with E-state index in [-0.39, 0.29) is 11.8 Å². The zero-order chi connectivity index (χ0) is 20.1. The molecule has 9 heteroatoms. The minimum absolute atomic E-state index is 0.00622. The Kier molecular flexibility index (Phi) is 5.89. The van der Waals surface area contributed by atoms with E-state index >= 15 is 0 Å². The Morgan fingerprint density at radius 3 is 2.43 bits per heavy atom. The molecule has 2 N–H and O–H groups in total. The van der Waals surface area contributed by atoms with Gasteiger partial charge in [-0.25, -0.2) is 4.98 Å². The van der Waals surface area contributed by atoms with E-state index in [4.69, 9.17) is 16.3 Å². The summed E-state index contributed by atoms with van der Waals surface area (Å²) in [5.74, 6) is 0.0433. The maximum atomic E-state index is 13.4. The number of aromatic nitrogens is 2. The molecule has 1 aromatic heterocycles. The number of anilines is 4. The molecule has 0 fully saturated rings. The average Bonchev–Trinajstić information content (AvgIpc) is 2.65. The summed E-state index contributed by atoms with van der Waals surface area (Å²) in [5.41, 5.74) is -0.0312. The monoisotopic (exact) mass is 408 g/mol. The van der Waals surface area contributed by atoms with Crippen molar-refractivity contribution >= 4 is 34.7 Å². The van der Waals surface area contributed by atoms with Crippen molar-refractivity contribution in [2.24, 2.45) is 0 Å². The minimum atomic E-state index is -4.62. The first kappa shape index (κ1) is 19.8. The molecule has 0 bridgehead atoms. The number of rotatable bonds is 6. The van der Waals surface area contributed by atoms with E-state index in [2.05, 4.69) is 20.6 Å². The van der Waals surface area contributed by atoms with E-state index in [1.165, 1.54) is 0 Å². The van der Waals surface area contributed by atoms with Crippen molar-refractivity contribution in [3.63, 3.8) is 0 Å². The highest BCUT2D eigenvalue weighted by atomic mass is 35.5. The zero-order valence-electron chi connectivity index (χ0n) is 14.7. The molecule has 0 aliphatic carbocycles. The van der Waals surface area contributed by atoms with Gasteiger partial charge in [0, 0.05) is 16.9 Å². The first-order valence-electron chi connectivity index (χ1n) is 8.32. The van der Waals surface area contributed by atoms with Crippen LogP contribution in [0.4, 0.5) is 36.3 Å². The fourth-order valence-electron chi connectivity index (χ4n) is 2.39. The van der Waals surface area contributed by atoms with Crippen molar-refractivity contribution in [1.82, 2.24) is 9.97 Å². The number of nitrogens with one attached hydrogen (secondary N) is 2. The summed E-state index contributed by atoms with van der Waals surface area (Å²) in [5, 5.41) is 6.10. The Morgan fingerprint density at radius 2 is 1.75 bits per heavy atom. The standard InChI is InChI=1S/C19H16ClF3N4O/c1-2-28-16-6-4-3-5-15(16)26-17-14(19(21,22)23)11-24-18(27-17)25-13-9-7-12(20)8-10-13/h3-11H,2H2,1H3,(H2,24,25,26,27).